The first-order valence-electron chi connectivity index (χ1n) is 25.8. The molecule has 340 valence electrons. The number of aliphatic hydroxyl groups is 2. The van der Waals surface area contributed by atoms with Gasteiger partial charge in [-0.05, 0) is 25.7 Å². The third kappa shape index (κ3) is 41.4. The zero-order chi connectivity index (χ0) is 41.7. The third-order valence-electron chi connectivity index (χ3n) is 12.2. The first-order chi connectivity index (χ1) is 28.0. The van der Waals surface area contributed by atoms with E-state index >= 15 is 0 Å². The zero-order valence-electron chi connectivity index (χ0n) is 38.8. The van der Waals surface area contributed by atoms with E-state index in [4.69, 9.17) is 4.74 Å². The molecule has 6 nitrogen and oxygen atoms in total. The summed E-state index contributed by atoms with van der Waals surface area (Å²) in [5.41, 5.74) is 0. The number of carbonyl (C=O) groups excluding carboxylic acids is 2. The van der Waals surface area contributed by atoms with Gasteiger partial charge in [0.05, 0.1) is 25.2 Å². The van der Waals surface area contributed by atoms with E-state index in [-0.39, 0.29) is 24.9 Å². The molecule has 0 heterocycles. The minimum atomic E-state index is -0.778. The predicted octanol–water partition coefficient (Wildman–Crippen LogP) is 15.2. The van der Waals surface area contributed by atoms with Crippen molar-refractivity contribution in [3.05, 3.63) is 0 Å². The van der Waals surface area contributed by atoms with Crippen molar-refractivity contribution < 1.29 is 24.5 Å². The summed E-state index contributed by atoms with van der Waals surface area (Å²) in [5, 5.41) is 23.7. The van der Waals surface area contributed by atoms with Crippen LogP contribution in [0.25, 0.3) is 0 Å². The number of hydrogen-bond donors (Lipinski definition) is 3. The maximum absolute atomic E-state index is 13.2. The summed E-state index contributed by atoms with van der Waals surface area (Å²) in [7, 11) is 0. The summed E-state index contributed by atoms with van der Waals surface area (Å²) in [6.45, 7) is 6.49. The van der Waals surface area contributed by atoms with Crippen LogP contribution in [0.2, 0.25) is 0 Å². The van der Waals surface area contributed by atoms with Crippen molar-refractivity contribution in [1.29, 1.82) is 0 Å². The standard InChI is InChI=1S/C51H101NO5/c1-4-7-10-13-16-19-21-23-24-25-27-28-31-33-36-39-42-47(57-51(56)44-41-38-35-30-18-15-12-9-6-3)45-50(55)52-48(46-53)49(54)43-40-37-34-32-29-26-22-20-17-14-11-8-5-2/h47-49,53-54H,4-46H2,1-3H3,(H,52,55). The number of nitrogens with one attached hydrogen (secondary N) is 1. The van der Waals surface area contributed by atoms with Gasteiger partial charge in [0.2, 0.25) is 5.91 Å². The Morgan fingerprint density at radius 2 is 0.737 bits per heavy atom. The number of esters is 1. The lowest BCUT2D eigenvalue weighted by Crippen LogP contribution is -2.46. The Morgan fingerprint density at radius 3 is 1.07 bits per heavy atom. The second-order valence-electron chi connectivity index (χ2n) is 17.9. The van der Waals surface area contributed by atoms with Gasteiger partial charge in [-0.1, -0.05) is 252 Å². The molecule has 0 saturated heterocycles. The number of rotatable bonds is 47. The second-order valence-corrected chi connectivity index (χ2v) is 17.9. The maximum atomic E-state index is 13.2. The first kappa shape index (κ1) is 55.9. The van der Waals surface area contributed by atoms with E-state index in [0.717, 1.165) is 44.9 Å². The van der Waals surface area contributed by atoms with E-state index in [1.807, 2.05) is 0 Å². The molecule has 0 rings (SSSR count). The molecule has 0 fully saturated rings. The lowest BCUT2D eigenvalue weighted by molar-refractivity contribution is -0.151. The average molecular weight is 808 g/mol. The van der Waals surface area contributed by atoms with Crippen LogP contribution < -0.4 is 5.32 Å². The Bertz CT molecular complexity index is 821. The van der Waals surface area contributed by atoms with Crippen LogP contribution in [-0.4, -0.2) is 46.9 Å². The topological polar surface area (TPSA) is 95.9 Å². The SMILES string of the molecule is CCCCCCCCCCCCCCCCCCC(CC(=O)NC(CO)C(O)CCCCCCCCCCCCCCC)OC(=O)CCCCCCCCCCC. The van der Waals surface area contributed by atoms with Crippen molar-refractivity contribution in [3.63, 3.8) is 0 Å². The highest BCUT2D eigenvalue weighted by atomic mass is 16.5. The number of ether oxygens (including phenoxy) is 1. The fraction of sp³-hybridized carbons (Fsp3) is 0.961. The van der Waals surface area contributed by atoms with Crippen molar-refractivity contribution in [2.75, 3.05) is 6.61 Å². The number of hydrogen-bond acceptors (Lipinski definition) is 5. The fourth-order valence-corrected chi connectivity index (χ4v) is 8.26. The first-order valence-corrected chi connectivity index (χ1v) is 25.8. The molecule has 0 aliphatic carbocycles. The average Bonchev–Trinajstić information content (AvgIpc) is 3.20. The molecular formula is C51H101NO5. The van der Waals surface area contributed by atoms with Crippen LogP contribution in [-0.2, 0) is 14.3 Å². The van der Waals surface area contributed by atoms with Gasteiger partial charge in [-0.2, -0.15) is 0 Å². The van der Waals surface area contributed by atoms with E-state index in [1.54, 1.807) is 0 Å². The Balaban J connectivity index is 4.47. The largest absolute Gasteiger partial charge is 0.462 e. The van der Waals surface area contributed by atoms with E-state index in [2.05, 4.69) is 26.1 Å². The predicted molar refractivity (Wildman–Crippen MR) is 246 cm³/mol. The van der Waals surface area contributed by atoms with Crippen LogP contribution >= 0.6 is 0 Å². The van der Waals surface area contributed by atoms with Crippen LogP contribution in [0.15, 0.2) is 0 Å². The molecule has 0 spiro atoms. The lowest BCUT2D eigenvalue weighted by atomic mass is 10.0. The summed E-state index contributed by atoms with van der Waals surface area (Å²) in [6.07, 6.45) is 48.8. The Hall–Kier alpha value is -1.14. The molecule has 0 bridgehead atoms. The highest BCUT2D eigenvalue weighted by Crippen LogP contribution is 2.19. The molecule has 3 unspecified atom stereocenters. The quantitative estimate of drug-likeness (QED) is 0.0420. The number of amides is 1. The van der Waals surface area contributed by atoms with E-state index in [9.17, 15) is 19.8 Å². The van der Waals surface area contributed by atoms with Gasteiger partial charge in [0.1, 0.15) is 6.10 Å². The molecule has 0 aliphatic rings. The minimum absolute atomic E-state index is 0.0875. The highest BCUT2D eigenvalue weighted by Gasteiger charge is 2.24. The summed E-state index contributed by atoms with van der Waals surface area (Å²) < 4.78 is 5.92. The molecule has 0 aromatic rings. The molecule has 1 amide bonds. The van der Waals surface area contributed by atoms with Gasteiger partial charge in [0, 0.05) is 6.42 Å². The van der Waals surface area contributed by atoms with Crippen molar-refractivity contribution in [2.24, 2.45) is 0 Å². The molecule has 6 heteroatoms. The Labute approximate surface area is 356 Å². The summed E-state index contributed by atoms with van der Waals surface area (Å²) in [5.74, 6) is -0.454. The molecular weight excluding hydrogens is 707 g/mol. The molecule has 0 aliphatic heterocycles. The summed E-state index contributed by atoms with van der Waals surface area (Å²) in [4.78, 5) is 26.0. The maximum Gasteiger partial charge on any atom is 0.306 e. The van der Waals surface area contributed by atoms with Crippen molar-refractivity contribution in [3.8, 4) is 0 Å². The van der Waals surface area contributed by atoms with Gasteiger partial charge >= 0.3 is 5.97 Å². The van der Waals surface area contributed by atoms with Gasteiger partial charge in [0.25, 0.3) is 0 Å². The lowest BCUT2D eigenvalue weighted by Gasteiger charge is -2.24. The molecule has 0 aromatic carbocycles. The van der Waals surface area contributed by atoms with Crippen LogP contribution in [0.4, 0.5) is 0 Å². The van der Waals surface area contributed by atoms with E-state index in [1.165, 1.54) is 199 Å². The van der Waals surface area contributed by atoms with Gasteiger partial charge < -0.3 is 20.3 Å². The van der Waals surface area contributed by atoms with Crippen molar-refractivity contribution in [2.45, 2.75) is 309 Å². The van der Waals surface area contributed by atoms with Crippen molar-refractivity contribution in [1.82, 2.24) is 5.32 Å². The van der Waals surface area contributed by atoms with Gasteiger partial charge in [0.15, 0.2) is 0 Å². The van der Waals surface area contributed by atoms with Gasteiger partial charge in [-0.25, -0.2) is 0 Å². The van der Waals surface area contributed by atoms with Crippen LogP contribution in [0.5, 0.6) is 0 Å². The van der Waals surface area contributed by atoms with E-state index < -0.39 is 18.2 Å². The van der Waals surface area contributed by atoms with Crippen LogP contribution in [0.3, 0.4) is 0 Å². The highest BCUT2D eigenvalue weighted by molar-refractivity contribution is 5.77. The third-order valence-corrected chi connectivity index (χ3v) is 12.2. The number of unbranched alkanes of at least 4 members (excludes halogenated alkanes) is 35. The molecule has 0 saturated carbocycles. The minimum Gasteiger partial charge on any atom is -0.462 e. The normalized spacial score (nSPS) is 13.1. The molecule has 57 heavy (non-hydrogen) atoms. The fourth-order valence-electron chi connectivity index (χ4n) is 8.26. The Kier molecular flexibility index (Phi) is 45.0. The monoisotopic (exact) mass is 808 g/mol. The number of carbonyl (C=O) groups is 2. The molecule has 0 aromatic heterocycles. The molecule has 3 N–H and O–H groups in total. The smallest absolute Gasteiger partial charge is 0.306 e. The van der Waals surface area contributed by atoms with Crippen LogP contribution in [0, 0.1) is 0 Å². The Morgan fingerprint density at radius 1 is 0.439 bits per heavy atom. The van der Waals surface area contributed by atoms with Gasteiger partial charge in [-0.3, -0.25) is 9.59 Å². The zero-order valence-corrected chi connectivity index (χ0v) is 38.8. The molecule has 0 radical (unpaired) electrons. The van der Waals surface area contributed by atoms with Crippen LogP contribution in [0.1, 0.15) is 290 Å². The summed E-state index contributed by atoms with van der Waals surface area (Å²) in [6, 6.07) is -0.691. The second kappa shape index (κ2) is 45.9. The molecule has 3 atom stereocenters. The summed E-state index contributed by atoms with van der Waals surface area (Å²) >= 11 is 0. The van der Waals surface area contributed by atoms with Gasteiger partial charge in [-0.15, -0.1) is 0 Å². The van der Waals surface area contributed by atoms with E-state index in [0.29, 0.717) is 19.3 Å². The number of aliphatic hydroxyl groups excluding tert-OH is 2. The van der Waals surface area contributed by atoms with Crippen molar-refractivity contribution >= 4 is 11.9 Å².